The number of hydrogen-bond acceptors (Lipinski definition) is 3. The van der Waals surface area contributed by atoms with Gasteiger partial charge in [0, 0.05) is 6.04 Å². The van der Waals surface area contributed by atoms with E-state index in [1.165, 1.54) is 24.4 Å². The molecule has 0 aliphatic carbocycles. The van der Waals surface area contributed by atoms with Gasteiger partial charge in [-0.25, -0.2) is 4.98 Å². The second kappa shape index (κ2) is 4.82. The van der Waals surface area contributed by atoms with Crippen LogP contribution < -0.4 is 0 Å². The molecule has 1 aromatic heterocycles. The number of thioether (sulfide) groups is 1. The van der Waals surface area contributed by atoms with E-state index in [9.17, 15) is 0 Å². The maximum Gasteiger partial charge on any atom is 0.126 e. The molecule has 1 fully saturated rings. The normalized spacial score (nSPS) is 22.6. The van der Waals surface area contributed by atoms with Gasteiger partial charge in [0.05, 0.1) is 27.4 Å². The van der Waals surface area contributed by atoms with Crippen LogP contribution in [0, 0.1) is 11.3 Å². The lowest BCUT2D eigenvalue weighted by Crippen LogP contribution is -2.21. The third-order valence-corrected chi connectivity index (χ3v) is 5.54. The summed E-state index contributed by atoms with van der Waals surface area (Å²) >= 11 is 2.01. The predicted molar refractivity (Wildman–Crippen MR) is 83.9 cm³/mol. The van der Waals surface area contributed by atoms with Crippen LogP contribution in [0.4, 0.5) is 0 Å². The highest BCUT2D eigenvalue weighted by molar-refractivity contribution is 8.00. The molecule has 104 valence electrons. The summed E-state index contributed by atoms with van der Waals surface area (Å²) in [4.78, 5) is 4.89. The summed E-state index contributed by atoms with van der Waals surface area (Å²) in [6.45, 7) is 6.70. The Morgan fingerprint density at radius 2 is 2.25 bits per heavy atom. The van der Waals surface area contributed by atoms with Gasteiger partial charge in [-0.15, -0.1) is 11.8 Å². The van der Waals surface area contributed by atoms with Gasteiger partial charge in [0.1, 0.15) is 5.82 Å². The predicted octanol–water partition coefficient (Wildman–Crippen LogP) is 4.23. The van der Waals surface area contributed by atoms with E-state index in [4.69, 9.17) is 10.2 Å². The number of fused-ring (bicyclic) bond motifs is 1. The standard InChI is InChI=1S/C16H19N3S/c1-11(2)19-14-6-5-12(10-17)9-13(14)18-15(19)16(3)7-4-8-20-16/h5-6,9,11H,4,7-8H2,1-3H3. The van der Waals surface area contributed by atoms with Crippen molar-refractivity contribution in [3.8, 4) is 6.07 Å². The van der Waals surface area contributed by atoms with Crippen molar-refractivity contribution in [1.29, 1.82) is 5.26 Å². The molecular formula is C16H19N3S. The number of benzene rings is 1. The average molecular weight is 285 g/mol. The molecule has 4 heteroatoms. The molecule has 20 heavy (non-hydrogen) atoms. The molecule has 0 N–H and O–H groups in total. The van der Waals surface area contributed by atoms with Crippen molar-refractivity contribution in [1.82, 2.24) is 9.55 Å². The lowest BCUT2D eigenvalue weighted by Gasteiger charge is -2.25. The van der Waals surface area contributed by atoms with Crippen molar-refractivity contribution in [3.05, 3.63) is 29.6 Å². The van der Waals surface area contributed by atoms with Gasteiger partial charge in [-0.05, 0) is 57.6 Å². The fourth-order valence-electron chi connectivity index (χ4n) is 3.02. The summed E-state index contributed by atoms with van der Waals surface area (Å²) in [5.41, 5.74) is 2.77. The van der Waals surface area contributed by atoms with Crippen LogP contribution in [-0.4, -0.2) is 15.3 Å². The number of nitrogens with zero attached hydrogens (tertiary/aromatic N) is 3. The van der Waals surface area contributed by atoms with Crippen molar-refractivity contribution in [2.75, 3.05) is 5.75 Å². The zero-order chi connectivity index (χ0) is 14.3. The molecule has 2 aromatic rings. The number of imidazole rings is 1. The molecule has 3 nitrogen and oxygen atoms in total. The number of rotatable bonds is 2. The monoisotopic (exact) mass is 285 g/mol. The van der Waals surface area contributed by atoms with E-state index in [2.05, 4.69) is 31.4 Å². The third kappa shape index (κ3) is 2.01. The fraction of sp³-hybridized carbons (Fsp3) is 0.500. The Morgan fingerprint density at radius 1 is 1.45 bits per heavy atom. The van der Waals surface area contributed by atoms with E-state index in [-0.39, 0.29) is 4.75 Å². The summed E-state index contributed by atoms with van der Waals surface area (Å²) < 4.78 is 2.45. The van der Waals surface area contributed by atoms with Gasteiger partial charge < -0.3 is 4.57 Å². The van der Waals surface area contributed by atoms with Crippen molar-refractivity contribution in [2.45, 2.75) is 44.4 Å². The lowest BCUT2D eigenvalue weighted by molar-refractivity contribution is 0.516. The van der Waals surface area contributed by atoms with E-state index in [0.717, 1.165) is 11.0 Å². The van der Waals surface area contributed by atoms with Crippen LogP contribution in [0.15, 0.2) is 18.2 Å². The molecule has 2 heterocycles. The molecule has 1 aliphatic rings. The van der Waals surface area contributed by atoms with Crippen molar-refractivity contribution in [2.24, 2.45) is 0 Å². The minimum atomic E-state index is 0.107. The number of nitriles is 1. The third-order valence-electron chi connectivity index (χ3n) is 4.03. The fourth-order valence-corrected chi connectivity index (χ4v) is 4.32. The quantitative estimate of drug-likeness (QED) is 0.829. The molecule has 1 atom stereocenters. The molecule has 0 amide bonds. The molecule has 3 rings (SSSR count). The Balaban J connectivity index is 2.25. The minimum Gasteiger partial charge on any atom is -0.324 e. The molecule has 0 saturated carbocycles. The Kier molecular flexibility index (Phi) is 3.25. The van der Waals surface area contributed by atoms with Gasteiger partial charge in [0.15, 0.2) is 0 Å². The largest absolute Gasteiger partial charge is 0.324 e. The summed E-state index contributed by atoms with van der Waals surface area (Å²) in [6.07, 6.45) is 2.44. The maximum absolute atomic E-state index is 9.06. The zero-order valence-electron chi connectivity index (χ0n) is 12.2. The Labute approximate surface area is 124 Å². The SMILES string of the molecule is CC(C)n1c(C2(C)CCCS2)nc2cc(C#N)ccc21. The first-order valence-corrected chi connectivity index (χ1v) is 8.10. The number of hydrogen-bond donors (Lipinski definition) is 0. The van der Waals surface area contributed by atoms with Crippen molar-refractivity contribution >= 4 is 22.8 Å². The lowest BCUT2D eigenvalue weighted by atomic mass is 10.0. The Hall–Kier alpha value is -1.47. The summed E-state index contributed by atoms with van der Waals surface area (Å²) in [7, 11) is 0. The molecule has 1 saturated heterocycles. The highest BCUT2D eigenvalue weighted by atomic mass is 32.2. The second-order valence-electron chi connectivity index (χ2n) is 5.90. The van der Waals surface area contributed by atoms with E-state index < -0.39 is 0 Å². The van der Waals surface area contributed by atoms with Crippen LogP contribution in [0.3, 0.4) is 0 Å². The first-order valence-electron chi connectivity index (χ1n) is 7.12. The highest BCUT2D eigenvalue weighted by Crippen LogP contribution is 2.47. The summed E-state index contributed by atoms with van der Waals surface area (Å²) in [5, 5.41) is 9.06. The van der Waals surface area contributed by atoms with Crippen LogP contribution in [0.5, 0.6) is 0 Å². The second-order valence-corrected chi connectivity index (χ2v) is 7.50. The van der Waals surface area contributed by atoms with Gasteiger partial charge in [0.2, 0.25) is 0 Å². The van der Waals surface area contributed by atoms with Crippen LogP contribution >= 0.6 is 11.8 Å². The average Bonchev–Trinajstić information content (AvgIpc) is 3.02. The number of aromatic nitrogens is 2. The van der Waals surface area contributed by atoms with Gasteiger partial charge in [-0.2, -0.15) is 5.26 Å². The molecule has 0 spiro atoms. The van der Waals surface area contributed by atoms with Gasteiger partial charge in [-0.1, -0.05) is 0 Å². The summed E-state index contributed by atoms with van der Waals surface area (Å²) in [6, 6.07) is 8.40. The molecular weight excluding hydrogens is 266 g/mol. The topological polar surface area (TPSA) is 41.6 Å². The van der Waals surface area contributed by atoms with Crippen molar-refractivity contribution in [3.63, 3.8) is 0 Å². The molecule has 0 bridgehead atoms. The van der Waals surface area contributed by atoms with Crippen LogP contribution in [0.2, 0.25) is 0 Å². The Morgan fingerprint density at radius 3 is 2.85 bits per heavy atom. The Bertz CT molecular complexity index is 688. The van der Waals surface area contributed by atoms with Gasteiger partial charge >= 0.3 is 0 Å². The van der Waals surface area contributed by atoms with Gasteiger partial charge in [-0.3, -0.25) is 0 Å². The van der Waals surface area contributed by atoms with E-state index in [1.807, 2.05) is 30.0 Å². The minimum absolute atomic E-state index is 0.107. The van der Waals surface area contributed by atoms with Crippen LogP contribution in [-0.2, 0) is 4.75 Å². The van der Waals surface area contributed by atoms with E-state index in [0.29, 0.717) is 11.6 Å². The van der Waals surface area contributed by atoms with Crippen LogP contribution in [0.1, 0.15) is 51.0 Å². The summed E-state index contributed by atoms with van der Waals surface area (Å²) in [5.74, 6) is 2.38. The first-order chi connectivity index (χ1) is 9.55. The van der Waals surface area contributed by atoms with Crippen molar-refractivity contribution < 1.29 is 0 Å². The molecule has 0 radical (unpaired) electrons. The first kappa shape index (κ1) is 13.5. The van der Waals surface area contributed by atoms with Crippen LogP contribution in [0.25, 0.3) is 11.0 Å². The van der Waals surface area contributed by atoms with E-state index >= 15 is 0 Å². The van der Waals surface area contributed by atoms with Gasteiger partial charge in [0.25, 0.3) is 0 Å². The van der Waals surface area contributed by atoms with E-state index in [1.54, 1.807) is 0 Å². The maximum atomic E-state index is 9.06. The smallest absolute Gasteiger partial charge is 0.126 e. The highest BCUT2D eigenvalue weighted by Gasteiger charge is 2.36. The molecule has 1 unspecified atom stereocenters. The molecule has 1 aliphatic heterocycles. The molecule has 1 aromatic carbocycles. The zero-order valence-corrected chi connectivity index (χ0v) is 13.0.